The fourth-order valence-corrected chi connectivity index (χ4v) is 3.42. The Labute approximate surface area is 169 Å². The second-order valence-electron chi connectivity index (χ2n) is 5.60. The van der Waals surface area contributed by atoms with Crippen LogP contribution in [-0.2, 0) is 0 Å². The molecule has 0 bridgehead atoms. The molecule has 4 rings (SSSR count). The Bertz CT molecular complexity index is 1170. The summed E-state index contributed by atoms with van der Waals surface area (Å²) in [4.78, 5) is 16.8. The highest BCUT2D eigenvalue weighted by molar-refractivity contribution is 6.39. The Hall–Kier alpha value is -2.53. The van der Waals surface area contributed by atoms with Gasteiger partial charge in [0.25, 0.3) is 0 Å². The van der Waals surface area contributed by atoms with Gasteiger partial charge in [-0.3, -0.25) is 4.98 Å². The normalized spacial score (nSPS) is 10.9. The molecule has 4 nitrogen and oxygen atoms in total. The number of carbonyl (C=O) groups excluding carboxylic acids is 1. The maximum atomic E-state index is 12.6. The number of carbonyl (C=O) groups is 1. The molecule has 0 aliphatic carbocycles. The molecule has 4 aromatic rings. The number of halogens is 3. The van der Waals surface area contributed by atoms with Crippen LogP contribution in [0.4, 0.5) is 0 Å². The van der Waals surface area contributed by atoms with Crippen molar-refractivity contribution in [3.63, 3.8) is 0 Å². The molecule has 2 aromatic carbocycles. The number of esters is 1. The number of nitrogens with zero attached hydrogens (tertiary/aromatic N) is 1. The lowest BCUT2D eigenvalue weighted by Gasteiger charge is -2.09. The van der Waals surface area contributed by atoms with Crippen molar-refractivity contribution in [2.45, 2.75) is 0 Å². The van der Waals surface area contributed by atoms with E-state index in [2.05, 4.69) is 4.98 Å². The minimum atomic E-state index is -0.704. The van der Waals surface area contributed by atoms with E-state index in [1.165, 1.54) is 12.1 Å². The topological polar surface area (TPSA) is 52.3 Å². The van der Waals surface area contributed by atoms with Crippen LogP contribution in [0, 0.1) is 0 Å². The third-order valence-corrected chi connectivity index (χ3v) is 4.81. The standard InChI is InChI=1S/C20H10Cl3NO3/c21-13-6-2-1-4-11(13)16-7-8-17(26-16)20(25)27-19-15(23)10-14(22)12-5-3-9-24-18(12)19/h1-10H. The average Bonchev–Trinajstić information content (AvgIpc) is 3.15. The zero-order chi connectivity index (χ0) is 19.0. The lowest BCUT2D eigenvalue weighted by Crippen LogP contribution is -2.08. The summed E-state index contributed by atoms with van der Waals surface area (Å²) in [6, 6.07) is 15.3. The molecule has 0 saturated heterocycles. The Kier molecular flexibility index (Phi) is 4.79. The highest BCUT2D eigenvalue weighted by atomic mass is 35.5. The zero-order valence-corrected chi connectivity index (χ0v) is 15.8. The first-order valence-electron chi connectivity index (χ1n) is 7.84. The number of furan rings is 1. The number of hydrogen-bond donors (Lipinski definition) is 0. The molecule has 0 N–H and O–H groups in total. The van der Waals surface area contributed by atoms with E-state index in [1.54, 1.807) is 36.5 Å². The van der Waals surface area contributed by atoms with Crippen molar-refractivity contribution in [3.8, 4) is 17.1 Å². The molecule has 7 heteroatoms. The molecule has 27 heavy (non-hydrogen) atoms. The molecule has 0 atom stereocenters. The summed E-state index contributed by atoms with van der Waals surface area (Å²) in [6.07, 6.45) is 1.56. The maximum Gasteiger partial charge on any atom is 0.379 e. The van der Waals surface area contributed by atoms with Gasteiger partial charge in [0, 0.05) is 17.1 Å². The third kappa shape index (κ3) is 3.39. The summed E-state index contributed by atoms with van der Waals surface area (Å²) in [5.41, 5.74) is 1.07. The molecule has 2 aromatic heterocycles. The van der Waals surface area contributed by atoms with Gasteiger partial charge in [-0.15, -0.1) is 0 Å². The van der Waals surface area contributed by atoms with E-state index in [1.807, 2.05) is 12.1 Å². The number of aromatic nitrogens is 1. The molecule has 0 radical (unpaired) electrons. The van der Waals surface area contributed by atoms with Gasteiger partial charge < -0.3 is 9.15 Å². The fraction of sp³-hybridized carbons (Fsp3) is 0. The molecular formula is C20H10Cl3NO3. The number of fused-ring (bicyclic) bond motifs is 1. The van der Waals surface area contributed by atoms with E-state index < -0.39 is 5.97 Å². The van der Waals surface area contributed by atoms with Crippen LogP contribution in [0.5, 0.6) is 5.75 Å². The zero-order valence-electron chi connectivity index (χ0n) is 13.6. The van der Waals surface area contributed by atoms with Crippen LogP contribution in [0.15, 0.2) is 65.2 Å². The Morgan fingerprint density at radius 2 is 1.74 bits per heavy atom. The first-order chi connectivity index (χ1) is 13.0. The monoisotopic (exact) mass is 417 g/mol. The lowest BCUT2D eigenvalue weighted by atomic mass is 10.2. The lowest BCUT2D eigenvalue weighted by molar-refractivity contribution is 0.0704. The minimum absolute atomic E-state index is 0.0139. The predicted octanol–water partition coefficient (Wildman–Crippen LogP) is 6.67. The molecule has 0 fully saturated rings. The first-order valence-corrected chi connectivity index (χ1v) is 8.97. The molecule has 2 heterocycles. The predicted molar refractivity (Wildman–Crippen MR) is 106 cm³/mol. The van der Waals surface area contributed by atoms with E-state index in [-0.39, 0.29) is 16.5 Å². The van der Waals surface area contributed by atoms with Crippen LogP contribution in [-0.4, -0.2) is 11.0 Å². The number of pyridine rings is 1. The van der Waals surface area contributed by atoms with Crippen molar-refractivity contribution < 1.29 is 13.9 Å². The molecule has 0 saturated carbocycles. The Morgan fingerprint density at radius 1 is 0.926 bits per heavy atom. The quantitative estimate of drug-likeness (QED) is 0.275. The van der Waals surface area contributed by atoms with Crippen LogP contribution in [0.1, 0.15) is 10.6 Å². The summed E-state index contributed by atoms with van der Waals surface area (Å²) in [7, 11) is 0. The van der Waals surface area contributed by atoms with E-state index >= 15 is 0 Å². The van der Waals surface area contributed by atoms with Gasteiger partial charge in [0.15, 0.2) is 5.75 Å². The smallest absolute Gasteiger partial charge is 0.379 e. The number of hydrogen-bond acceptors (Lipinski definition) is 4. The van der Waals surface area contributed by atoms with Crippen LogP contribution in [0.3, 0.4) is 0 Å². The van der Waals surface area contributed by atoms with E-state index in [4.69, 9.17) is 44.0 Å². The van der Waals surface area contributed by atoms with Gasteiger partial charge in [-0.2, -0.15) is 0 Å². The van der Waals surface area contributed by atoms with Crippen molar-refractivity contribution in [1.29, 1.82) is 0 Å². The Balaban J connectivity index is 1.68. The molecule has 134 valence electrons. The van der Waals surface area contributed by atoms with Gasteiger partial charge >= 0.3 is 5.97 Å². The Morgan fingerprint density at radius 3 is 2.56 bits per heavy atom. The maximum absolute atomic E-state index is 12.6. The van der Waals surface area contributed by atoms with Gasteiger partial charge in [-0.1, -0.05) is 46.9 Å². The van der Waals surface area contributed by atoms with Gasteiger partial charge in [0.2, 0.25) is 5.76 Å². The number of rotatable bonds is 3. The minimum Gasteiger partial charge on any atom is -0.449 e. The molecule has 0 spiro atoms. The summed E-state index contributed by atoms with van der Waals surface area (Å²) < 4.78 is 11.1. The highest BCUT2D eigenvalue weighted by Gasteiger charge is 2.20. The van der Waals surface area contributed by atoms with Crippen molar-refractivity contribution in [2.75, 3.05) is 0 Å². The van der Waals surface area contributed by atoms with Gasteiger partial charge in [-0.05, 0) is 42.5 Å². The highest BCUT2D eigenvalue weighted by Crippen LogP contribution is 2.37. The van der Waals surface area contributed by atoms with Crippen molar-refractivity contribution in [2.24, 2.45) is 0 Å². The van der Waals surface area contributed by atoms with Gasteiger partial charge in [0.05, 0.1) is 15.1 Å². The van der Waals surface area contributed by atoms with Crippen LogP contribution in [0.25, 0.3) is 22.2 Å². The number of benzene rings is 2. The fourth-order valence-electron chi connectivity index (χ4n) is 2.64. The average molecular weight is 419 g/mol. The molecule has 0 aliphatic rings. The van der Waals surface area contributed by atoms with E-state index in [0.29, 0.717) is 32.3 Å². The largest absolute Gasteiger partial charge is 0.449 e. The molecular weight excluding hydrogens is 409 g/mol. The molecule has 0 aliphatic heterocycles. The van der Waals surface area contributed by atoms with Gasteiger partial charge in [-0.25, -0.2) is 4.79 Å². The van der Waals surface area contributed by atoms with E-state index in [0.717, 1.165) is 0 Å². The van der Waals surface area contributed by atoms with Crippen molar-refractivity contribution >= 4 is 51.7 Å². The third-order valence-electron chi connectivity index (χ3n) is 3.89. The molecule has 0 unspecified atom stereocenters. The van der Waals surface area contributed by atoms with Crippen LogP contribution >= 0.6 is 34.8 Å². The van der Waals surface area contributed by atoms with Crippen molar-refractivity contribution in [3.05, 3.63) is 81.6 Å². The number of ether oxygens (including phenoxy) is 1. The second kappa shape index (κ2) is 7.24. The molecule has 0 amide bonds. The second-order valence-corrected chi connectivity index (χ2v) is 6.82. The summed E-state index contributed by atoms with van der Waals surface area (Å²) in [6.45, 7) is 0. The van der Waals surface area contributed by atoms with Crippen LogP contribution < -0.4 is 4.74 Å². The SMILES string of the molecule is O=C(Oc1c(Cl)cc(Cl)c2cccnc12)c1ccc(-c2ccccc2Cl)o1. The van der Waals surface area contributed by atoms with Gasteiger partial charge in [0.1, 0.15) is 11.3 Å². The summed E-state index contributed by atoms with van der Waals surface area (Å²) >= 11 is 18.6. The summed E-state index contributed by atoms with van der Waals surface area (Å²) in [5.74, 6) is -0.111. The first kappa shape index (κ1) is 17.9. The van der Waals surface area contributed by atoms with Crippen molar-refractivity contribution in [1.82, 2.24) is 4.98 Å². The van der Waals surface area contributed by atoms with E-state index in [9.17, 15) is 4.79 Å². The summed E-state index contributed by atoms with van der Waals surface area (Å²) in [5, 5.41) is 1.74. The van der Waals surface area contributed by atoms with Crippen LogP contribution in [0.2, 0.25) is 15.1 Å².